The number of rotatable bonds is 6. The summed E-state index contributed by atoms with van der Waals surface area (Å²) in [5, 5.41) is 3.67. The summed E-state index contributed by atoms with van der Waals surface area (Å²) in [4.78, 5) is 24.8. The lowest BCUT2D eigenvalue weighted by Gasteiger charge is -2.17. The van der Waals surface area contributed by atoms with Gasteiger partial charge in [0.15, 0.2) is 6.10 Å². The summed E-state index contributed by atoms with van der Waals surface area (Å²) in [5.41, 5.74) is 2.40. The normalized spacial score (nSPS) is 13.1. The average Bonchev–Trinajstić information content (AvgIpc) is 3.12. The zero-order chi connectivity index (χ0) is 19.4. The van der Waals surface area contributed by atoms with Crippen molar-refractivity contribution in [1.82, 2.24) is 0 Å². The van der Waals surface area contributed by atoms with Gasteiger partial charge in [-0.1, -0.05) is 50.2 Å². The van der Waals surface area contributed by atoms with E-state index in [1.54, 1.807) is 19.1 Å². The molecule has 0 aliphatic carbocycles. The Kier molecular flexibility index (Phi) is 5.60. The number of anilines is 1. The molecule has 1 N–H and O–H groups in total. The van der Waals surface area contributed by atoms with Crippen molar-refractivity contribution in [3.8, 4) is 0 Å². The fourth-order valence-corrected chi connectivity index (χ4v) is 2.85. The highest BCUT2D eigenvalue weighted by Gasteiger charge is 2.22. The molecule has 2 atom stereocenters. The number of hydrogen-bond donors (Lipinski definition) is 1. The molecule has 27 heavy (non-hydrogen) atoms. The van der Waals surface area contributed by atoms with Crippen molar-refractivity contribution in [1.29, 1.82) is 0 Å². The molecule has 1 heterocycles. The van der Waals surface area contributed by atoms with E-state index in [-0.39, 0.29) is 11.7 Å². The first-order valence-electron chi connectivity index (χ1n) is 9.09. The van der Waals surface area contributed by atoms with Crippen LogP contribution in [0.25, 0.3) is 11.0 Å². The second-order valence-electron chi connectivity index (χ2n) is 6.58. The SMILES string of the molecule is CC[C@H](C)c1ccccc1NC(=O)[C@H](C)OC(=O)c1cc2ccccc2o1. The topological polar surface area (TPSA) is 68.5 Å². The van der Waals surface area contributed by atoms with E-state index < -0.39 is 12.1 Å². The number of carbonyl (C=O) groups is 2. The summed E-state index contributed by atoms with van der Waals surface area (Å²) < 4.78 is 10.8. The van der Waals surface area contributed by atoms with Crippen molar-refractivity contribution < 1.29 is 18.7 Å². The minimum atomic E-state index is -0.948. The van der Waals surface area contributed by atoms with Crippen molar-refractivity contribution in [3.63, 3.8) is 0 Å². The fourth-order valence-electron chi connectivity index (χ4n) is 2.85. The second-order valence-corrected chi connectivity index (χ2v) is 6.58. The van der Waals surface area contributed by atoms with Gasteiger partial charge in [0, 0.05) is 11.1 Å². The predicted molar refractivity (Wildman–Crippen MR) is 105 cm³/mol. The second kappa shape index (κ2) is 8.08. The van der Waals surface area contributed by atoms with E-state index >= 15 is 0 Å². The van der Waals surface area contributed by atoms with E-state index in [0.29, 0.717) is 11.5 Å². The third-order valence-corrected chi connectivity index (χ3v) is 4.64. The van der Waals surface area contributed by atoms with Crippen LogP contribution in [-0.4, -0.2) is 18.0 Å². The molecule has 5 nitrogen and oxygen atoms in total. The molecule has 0 saturated heterocycles. The van der Waals surface area contributed by atoms with Crippen molar-refractivity contribution in [2.24, 2.45) is 0 Å². The Morgan fingerprint density at radius 3 is 2.52 bits per heavy atom. The number of amides is 1. The van der Waals surface area contributed by atoms with E-state index in [9.17, 15) is 9.59 Å². The van der Waals surface area contributed by atoms with Crippen LogP contribution in [0.4, 0.5) is 5.69 Å². The Morgan fingerprint density at radius 2 is 1.78 bits per heavy atom. The number of furan rings is 1. The molecule has 0 aliphatic rings. The molecular formula is C22H23NO4. The zero-order valence-electron chi connectivity index (χ0n) is 15.7. The molecule has 3 rings (SSSR count). The maximum Gasteiger partial charge on any atom is 0.375 e. The summed E-state index contributed by atoms with van der Waals surface area (Å²) in [5.74, 6) is -0.648. The Labute approximate surface area is 158 Å². The van der Waals surface area contributed by atoms with Gasteiger partial charge in [0.05, 0.1) is 0 Å². The van der Waals surface area contributed by atoms with Gasteiger partial charge in [0.25, 0.3) is 5.91 Å². The van der Waals surface area contributed by atoms with Crippen molar-refractivity contribution in [2.45, 2.75) is 39.2 Å². The van der Waals surface area contributed by atoms with Crippen LogP contribution in [0.5, 0.6) is 0 Å². The molecule has 0 radical (unpaired) electrons. The average molecular weight is 365 g/mol. The van der Waals surface area contributed by atoms with Crippen LogP contribution >= 0.6 is 0 Å². The van der Waals surface area contributed by atoms with Gasteiger partial charge in [-0.05, 0) is 43.0 Å². The molecule has 0 aliphatic heterocycles. The van der Waals surface area contributed by atoms with E-state index in [1.807, 2.05) is 42.5 Å². The molecular weight excluding hydrogens is 342 g/mol. The number of hydrogen-bond acceptors (Lipinski definition) is 4. The maximum atomic E-state index is 12.5. The van der Waals surface area contributed by atoms with E-state index in [4.69, 9.17) is 9.15 Å². The summed E-state index contributed by atoms with van der Waals surface area (Å²) in [7, 11) is 0. The van der Waals surface area contributed by atoms with Gasteiger partial charge >= 0.3 is 5.97 Å². The van der Waals surface area contributed by atoms with Crippen LogP contribution in [-0.2, 0) is 9.53 Å². The first-order chi connectivity index (χ1) is 13.0. The number of ether oxygens (including phenoxy) is 1. The molecule has 140 valence electrons. The molecule has 5 heteroatoms. The monoisotopic (exact) mass is 365 g/mol. The molecule has 0 fully saturated rings. The molecule has 3 aromatic rings. The molecule has 0 saturated carbocycles. The molecule has 1 aromatic heterocycles. The van der Waals surface area contributed by atoms with Crippen LogP contribution in [0.1, 0.15) is 49.2 Å². The van der Waals surface area contributed by atoms with Crippen molar-refractivity contribution >= 4 is 28.5 Å². The number of benzene rings is 2. The standard InChI is InChI=1S/C22H23NO4/c1-4-14(2)17-10-6-7-11-18(17)23-21(24)15(3)26-22(25)20-13-16-9-5-8-12-19(16)27-20/h5-15H,4H2,1-3H3,(H,23,24)/t14-,15-/m0/s1. The van der Waals surface area contributed by atoms with Crippen molar-refractivity contribution in [3.05, 3.63) is 65.9 Å². The maximum absolute atomic E-state index is 12.5. The number of esters is 1. The van der Waals surface area contributed by atoms with Crippen LogP contribution < -0.4 is 5.32 Å². The quantitative estimate of drug-likeness (QED) is 0.615. The highest BCUT2D eigenvalue weighted by molar-refractivity contribution is 5.98. The lowest BCUT2D eigenvalue weighted by atomic mass is 9.97. The molecule has 0 unspecified atom stereocenters. The van der Waals surface area contributed by atoms with Crippen LogP contribution in [0, 0.1) is 0 Å². The number of para-hydroxylation sites is 2. The first-order valence-corrected chi connectivity index (χ1v) is 9.09. The smallest absolute Gasteiger partial charge is 0.375 e. The third-order valence-electron chi connectivity index (χ3n) is 4.64. The summed E-state index contributed by atoms with van der Waals surface area (Å²) >= 11 is 0. The third kappa shape index (κ3) is 4.19. The molecule has 0 spiro atoms. The first kappa shape index (κ1) is 18.7. The van der Waals surface area contributed by atoms with E-state index in [0.717, 1.165) is 23.1 Å². The minimum Gasteiger partial charge on any atom is -0.449 e. The Bertz CT molecular complexity index is 927. The van der Waals surface area contributed by atoms with Gasteiger partial charge in [-0.3, -0.25) is 4.79 Å². The van der Waals surface area contributed by atoms with Gasteiger partial charge in [-0.25, -0.2) is 4.79 Å². The van der Waals surface area contributed by atoms with Crippen LogP contribution in [0.2, 0.25) is 0 Å². The number of nitrogens with one attached hydrogen (secondary N) is 1. The highest BCUT2D eigenvalue weighted by Crippen LogP contribution is 2.27. The van der Waals surface area contributed by atoms with Gasteiger partial charge in [-0.15, -0.1) is 0 Å². The van der Waals surface area contributed by atoms with Gasteiger partial charge in [0.1, 0.15) is 5.58 Å². The van der Waals surface area contributed by atoms with E-state index in [2.05, 4.69) is 19.2 Å². The summed E-state index contributed by atoms with van der Waals surface area (Å²) in [6, 6.07) is 16.6. The van der Waals surface area contributed by atoms with Gasteiger partial charge < -0.3 is 14.5 Å². The van der Waals surface area contributed by atoms with Crippen LogP contribution in [0.3, 0.4) is 0 Å². The molecule has 0 bridgehead atoms. The zero-order valence-corrected chi connectivity index (χ0v) is 15.7. The largest absolute Gasteiger partial charge is 0.449 e. The lowest BCUT2D eigenvalue weighted by Crippen LogP contribution is -2.30. The Balaban J connectivity index is 1.68. The van der Waals surface area contributed by atoms with Crippen molar-refractivity contribution in [2.75, 3.05) is 5.32 Å². The Hall–Kier alpha value is -3.08. The molecule has 1 amide bonds. The fraction of sp³-hybridized carbons (Fsp3) is 0.273. The molecule has 2 aromatic carbocycles. The summed E-state index contributed by atoms with van der Waals surface area (Å²) in [6.07, 6.45) is 0.0134. The predicted octanol–water partition coefficient (Wildman–Crippen LogP) is 5.13. The summed E-state index contributed by atoms with van der Waals surface area (Å²) in [6.45, 7) is 5.75. The highest BCUT2D eigenvalue weighted by atomic mass is 16.6. The van der Waals surface area contributed by atoms with E-state index in [1.165, 1.54) is 0 Å². The number of carbonyl (C=O) groups excluding carboxylic acids is 2. The lowest BCUT2D eigenvalue weighted by molar-refractivity contribution is -0.123. The van der Waals surface area contributed by atoms with Gasteiger partial charge in [-0.2, -0.15) is 0 Å². The minimum absolute atomic E-state index is 0.0795. The number of fused-ring (bicyclic) bond motifs is 1. The van der Waals surface area contributed by atoms with Gasteiger partial charge in [0.2, 0.25) is 5.76 Å². The van der Waals surface area contributed by atoms with Crippen LogP contribution in [0.15, 0.2) is 59.0 Å². The Morgan fingerprint density at radius 1 is 1.07 bits per heavy atom.